The van der Waals surface area contributed by atoms with Crippen LogP contribution in [0.4, 0.5) is 0 Å². The second-order valence-electron chi connectivity index (χ2n) is 5.90. The Morgan fingerprint density at radius 2 is 1.33 bits per heavy atom. The van der Waals surface area contributed by atoms with Gasteiger partial charge in [-0.25, -0.2) is 4.79 Å². The van der Waals surface area contributed by atoms with Gasteiger partial charge in [-0.1, -0.05) is 72.3 Å². The lowest BCUT2D eigenvalue weighted by Gasteiger charge is -2.13. The highest BCUT2D eigenvalue weighted by Crippen LogP contribution is 2.22. The molecule has 3 aromatic rings. The van der Waals surface area contributed by atoms with Gasteiger partial charge in [-0.15, -0.1) is 0 Å². The van der Waals surface area contributed by atoms with Crippen molar-refractivity contribution in [2.45, 2.75) is 20.0 Å². The molecule has 0 radical (unpaired) electrons. The molecule has 0 saturated carbocycles. The fourth-order valence-electron chi connectivity index (χ4n) is 2.57. The van der Waals surface area contributed by atoms with Crippen LogP contribution >= 0.6 is 0 Å². The molecule has 0 aliphatic heterocycles. The van der Waals surface area contributed by atoms with Crippen molar-refractivity contribution in [3.05, 3.63) is 95.6 Å². The Morgan fingerprint density at radius 3 is 1.92 bits per heavy atom. The first kappa shape index (κ1) is 16.0. The monoisotopic (exact) mass is 316 g/mol. The topological polar surface area (TPSA) is 26.3 Å². The standard InChI is InChI=1S/C22H20O2/c1-16-8-10-19(11-9-16)20-12-14-21(15-13-20)22(23)24-17(2)18-6-4-3-5-7-18/h3-15,17H,1-2H3. The molecule has 0 heterocycles. The Hall–Kier alpha value is -2.87. The van der Waals surface area contributed by atoms with E-state index < -0.39 is 0 Å². The van der Waals surface area contributed by atoms with Crippen LogP contribution in [-0.4, -0.2) is 5.97 Å². The Balaban J connectivity index is 1.71. The number of benzene rings is 3. The smallest absolute Gasteiger partial charge is 0.338 e. The van der Waals surface area contributed by atoms with Crippen LogP contribution in [0, 0.1) is 6.92 Å². The molecule has 24 heavy (non-hydrogen) atoms. The Morgan fingerprint density at radius 1 is 0.792 bits per heavy atom. The second kappa shape index (κ2) is 7.14. The van der Waals surface area contributed by atoms with Crippen molar-refractivity contribution in [3.8, 4) is 11.1 Å². The summed E-state index contributed by atoms with van der Waals surface area (Å²) in [4.78, 5) is 12.3. The van der Waals surface area contributed by atoms with Crippen LogP contribution in [0.1, 0.15) is 34.5 Å². The van der Waals surface area contributed by atoms with Crippen LogP contribution in [0.3, 0.4) is 0 Å². The van der Waals surface area contributed by atoms with Crippen LogP contribution in [0.15, 0.2) is 78.9 Å². The van der Waals surface area contributed by atoms with Gasteiger partial charge in [0.1, 0.15) is 6.10 Å². The van der Waals surface area contributed by atoms with E-state index in [4.69, 9.17) is 4.74 Å². The molecule has 2 heteroatoms. The maximum Gasteiger partial charge on any atom is 0.338 e. The molecule has 0 amide bonds. The molecule has 0 spiro atoms. The Kier molecular flexibility index (Phi) is 4.76. The summed E-state index contributed by atoms with van der Waals surface area (Å²) in [5.74, 6) is -0.304. The first-order chi connectivity index (χ1) is 11.6. The number of hydrogen-bond acceptors (Lipinski definition) is 2. The summed E-state index contributed by atoms with van der Waals surface area (Å²) >= 11 is 0. The molecule has 0 aromatic heterocycles. The highest BCUT2D eigenvalue weighted by molar-refractivity contribution is 5.90. The van der Waals surface area contributed by atoms with E-state index in [9.17, 15) is 4.79 Å². The van der Waals surface area contributed by atoms with Gasteiger partial charge < -0.3 is 4.74 Å². The fraction of sp³-hybridized carbons (Fsp3) is 0.136. The van der Waals surface area contributed by atoms with E-state index in [1.165, 1.54) is 5.56 Å². The SMILES string of the molecule is Cc1ccc(-c2ccc(C(=O)OC(C)c3ccccc3)cc2)cc1. The number of aryl methyl sites for hydroxylation is 1. The molecule has 1 unspecified atom stereocenters. The van der Waals surface area contributed by atoms with E-state index in [-0.39, 0.29) is 12.1 Å². The van der Waals surface area contributed by atoms with Crippen molar-refractivity contribution in [3.63, 3.8) is 0 Å². The molecular formula is C22H20O2. The van der Waals surface area contributed by atoms with E-state index >= 15 is 0 Å². The summed E-state index contributed by atoms with van der Waals surface area (Å²) < 4.78 is 5.54. The zero-order valence-electron chi connectivity index (χ0n) is 13.9. The summed E-state index contributed by atoms with van der Waals surface area (Å²) in [5.41, 5.74) is 5.01. The minimum absolute atomic E-state index is 0.268. The minimum Gasteiger partial charge on any atom is -0.454 e. The van der Waals surface area contributed by atoms with Gasteiger partial charge in [0.25, 0.3) is 0 Å². The summed E-state index contributed by atoms with van der Waals surface area (Å²) in [5, 5.41) is 0. The predicted octanol–water partition coefficient (Wildman–Crippen LogP) is 5.58. The zero-order valence-corrected chi connectivity index (χ0v) is 13.9. The predicted molar refractivity (Wildman–Crippen MR) is 96.9 cm³/mol. The van der Waals surface area contributed by atoms with E-state index in [1.54, 1.807) is 0 Å². The summed E-state index contributed by atoms with van der Waals surface area (Å²) in [6.45, 7) is 3.95. The molecule has 0 aliphatic carbocycles. The quantitative estimate of drug-likeness (QED) is 0.587. The van der Waals surface area contributed by atoms with Crippen LogP contribution in [0.25, 0.3) is 11.1 Å². The van der Waals surface area contributed by atoms with E-state index in [1.807, 2.05) is 61.5 Å². The van der Waals surface area contributed by atoms with Gasteiger partial charge in [0.2, 0.25) is 0 Å². The molecule has 0 saturated heterocycles. The van der Waals surface area contributed by atoms with Crippen molar-refractivity contribution in [1.82, 2.24) is 0 Å². The van der Waals surface area contributed by atoms with Gasteiger partial charge in [-0.3, -0.25) is 0 Å². The van der Waals surface area contributed by atoms with Crippen molar-refractivity contribution in [2.24, 2.45) is 0 Å². The van der Waals surface area contributed by atoms with Crippen LogP contribution in [0.5, 0.6) is 0 Å². The minimum atomic E-state index is -0.304. The summed E-state index contributed by atoms with van der Waals surface area (Å²) in [7, 11) is 0. The second-order valence-corrected chi connectivity index (χ2v) is 5.90. The Bertz CT molecular complexity index is 803. The number of carbonyl (C=O) groups is 1. The molecule has 3 aromatic carbocycles. The van der Waals surface area contributed by atoms with Crippen LogP contribution < -0.4 is 0 Å². The van der Waals surface area contributed by atoms with Gasteiger partial charge >= 0.3 is 5.97 Å². The highest BCUT2D eigenvalue weighted by atomic mass is 16.5. The van der Waals surface area contributed by atoms with Crippen molar-refractivity contribution >= 4 is 5.97 Å². The third-order valence-electron chi connectivity index (χ3n) is 4.06. The average Bonchev–Trinajstić information content (AvgIpc) is 2.63. The first-order valence-electron chi connectivity index (χ1n) is 8.06. The number of esters is 1. The van der Waals surface area contributed by atoms with Gasteiger partial charge in [-0.2, -0.15) is 0 Å². The van der Waals surface area contributed by atoms with Crippen LogP contribution in [-0.2, 0) is 4.74 Å². The number of ether oxygens (including phenoxy) is 1. The highest BCUT2D eigenvalue weighted by Gasteiger charge is 2.13. The number of rotatable bonds is 4. The first-order valence-corrected chi connectivity index (χ1v) is 8.06. The van der Waals surface area contributed by atoms with Crippen molar-refractivity contribution in [1.29, 1.82) is 0 Å². The van der Waals surface area contributed by atoms with Crippen molar-refractivity contribution < 1.29 is 9.53 Å². The zero-order chi connectivity index (χ0) is 16.9. The maximum absolute atomic E-state index is 12.3. The molecular weight excluding hydrogens is 296 g/mol. The van der Waals surface area contributed by atoms with Gasteiger partial charge in [-0.05, 0) is 42.7 Å². The molecule has 120 valence electrons. The van der Waals surface area contributed by atoms with Gasteiger partial charge in [0.15, 0.2) is 0 Å². The van der Waals surface area contributed by atoms with E-state index in [2.05, 4.69) is 31.2 Å². The molecule has 1 atom stereocenters. The molecule has 2 nitrogen and oxygen atoms in total. The number of carbonyl (C=O) groups excluding carboxylic acids is 1. The molecule has 0 aliphatic rings. The fourth-order valence-corrected chi connectivity index (χ4v) is 2.57. The third-order valence-corrected chi connectivity index (χ3v) is 4.06. The lowest BCUT2D eigenvalue weighted by atomic mass is 10.0. The molecule has 0 fully saturated rings. The number of hydrogen-bond donors (Lipinski definition) is 0. The van der Waals surface area contributed by atoms with Crippen LogP contribution in [0.2, 0.25) is 0 Å². The summed E-state index contributed by atoms with van der Waals surface area (Å²) in [6, 6.07) is 25.6. The molecule has 3 rings (SSSR count). The van der Waals surface area contributed by atoms with Crippen molar-refractivity contribution in [2.75, 3.05) is 0 Å². The lowest BCUT2D eigenvalue weighted by molar-refractivity contribution is 0.0338. The molecule has 0 bridgehead atoms. The normalized spacial score (nSPS) is 11.8. The third kappa shape index (κ3) is 3.72. The largest absolute Gasteiger partial charge is 0.454 e. The van der Waals surface area contributed by atoms with Gasteiger partial charge in [0.05, 0.1) is 5.56 Å². The lowest BCUT2D eigenvalue weighted by Crippen LogP contribution is -2.09. The van der Waals surface area contributed by atoms with E-state index in [0.717, 1.165) is 16.7 Å². The van der Waals surface area contributed by atoms with Gasteiger partial charge in [0, 0.05) is 0 Å². The maximum atomic E-state index is 12.3. The van der Waals surface area contributed by atoms with E-state index in [0.29, 0.717) is 5.56 Å². The molecule has 0 N–H and O–H groups in total. The summed E-state index contributed by atoms with van der Waals surface area (Å²) in [6.07, 6.45) is -0.268. The Labute approximate surface area is 142 Å². The average molecular weight is 316 g/mol.